The number of nitrogens with one attached hydrogen (secondary N) is 2. The molecular weight excluding hydrogens is 440 g/mol. The Labute approximate surface area is 187 Å². The Balaban J connectivity index is 1.55. The number of nitrogens with zero attached hydrogens (tertiary/aromatic N) is 1. The van der Waals surface area contributed by atoms with Crippen molar-refractivity contribution in [3.05, 3.63) is 50.9 Å². The highest BCUT2D eigenvalue weighted by Crippen LogP contribution is 2.39. The number of rotatable bonds is 6. The second-order valence-electron chi connectivity index (χ2n) is 7.56. The number of aryl methyl sites for hydroxylation is 1. The van der Waals surface area contributed by atoms with E-state index in [-0.39, 0.29) is 0 Å². The number of amides is 5. The highest BCUT2D eigenvalue weighted by Gasteiger charge is 2.51. The lowest BCUT2D eigenvalue weighted by atomic mass is 9.87. The molecule has 1 fully saturated rings. The van der Waals surface area contributed by atoms with Crippen molar-refractivity contribution in [3.8, 4) is 0 Å². The second-order valence-corrected chi connectivity index (χ2v) is 9.11. The van der Waals surface area contributed by atoms with Gasteiger partial charge in [0, 0.05) is 9.90 Å². The molecule has 5 amide bonds. The summed E-state index contributed by atoms with van der Waals surface area (Å²) in [6, 6.07) is 6.05. The van der Waals surface area contributed by atoms with Crippen LogP contribution in [-0.2, 0) is 28.0 Å². The highest BCUT2D eigenvalue weighted by atomic mass is 35.5. The van der Waals surface area contributed by atoms with Gasteiger partial charge in [0.15, 0.2) is 0 Å². The van der Waals surface area contributed by atoms with E-state index in [1.54, 1.807) is 31.2 Å². The largest absolute Gasteiger partial charge is 0.365 e. The van der Waals surface area contributed by atoms with Crippen molar-refractivity contribution >= 4 is 51.7 Å². The summed E-state index contributed by atoms with van der Waals surface area (Å²) < 4.78 is 0. The van der Waals surface area contributed by atoms with Crippen molar-refractivity contribution in [1.29, 1.82) is 0 Å². The first-order valence-corrected chi connectivity index (χ1v) is 11.1. The van der Waals surface area contributed by atoms with Crippen molar-refractivity contribution in [2.75, 3.05) is 11.9 Å². The Bertz CT molecular complexity index is 1110. The molecule has 1 aromatic heterocycles. The molecule has 2 heterocycles. The minimum absolute atomic E-state index is 0.291. The van der Waals surface area contributed by atoms with E-state index < -0.39 is 35.8 Å². The number of anilines is 1. The number of fused-ring (bicyclic) bond motifs is 1. The van der Waals surface area contributed by atoms with Crippen LogP contribution >= 0.6 is 22.9 Å². The fourth-order valence-electron chi connectivity index (χ4n) is 4.23. The van der Waals surface area contributed by atoms with Crippen molar-refractivity contribution < 1.29 is 19.2 Å². The van der Waals surface area contributed by atoms with Gasteiger partial charge in [0.05, 0.1) is 5.56 Å². The van der Waals surface area contributed by atoms with E-state index in [0.717, 1.165) is 34.6 Å². The predicted octanol–water partition coefficient (Wildman–Crippen LogP) is 2.78. The number of carbonyl (C=O) groups excluding carboxylic acids is 4. The number of urea groups is 1. The van der Waals surface area contributed by atoms with Gasteiger partial charge in [-0.25, -0.2) is 4.79 Å². The van der Waals surface area contributed by atoms with Gasteiger partial charge in [-0.15, -0.1) is 11.3 Å². The zero-order valence-corrected chi connectivity index (χ0v) is 18.4. The van der Waals surface area contributed by atoms with E-state index >= 15 is 0 Å². The van der Waals surface area contributed by atoms with Crippen LogP contribution < -0.4 is 16.4 Å². The van der Waals surface area contributed by atoms with Crippen LogP contribution in [0.1, 0.15) is 46.1 Å². The molecule has 0 unspecified atom stereocenters. The molecular formula is C21H21ClN4O4S. The molecule has 4 rings (SSSR count). The first-order valence-electron chi connectivity index (χ1n) is 9.91. The van der Waals surface area contributed by atoms with Gasteiger partial charge in [-0.05, 0) is 48.9 Å². The third-order valence-electron chi connectivity index (χ3n) is 5.75. The van der Waals surface area contributed by atoms with E-state index in [2.05, 4.69) is 10.6 Å². The third kappa shape index (κ3) is 3.57. The maximum atomic E-state index is 13.2. The van der Waals surface area contributed by atoms with Crippen LogP contribution in [0, 0.1) is 0 Å². The molecule has 2 aliphatic rings. The van der Waals surface area contributed by atoms with Gasteiger partial charge in [-0.3, -0.25) is 19.3 Å². The normalized spacial score (nSPS) is 20.0. The molecule has 31 heavy (non-hydrogen) atoms. The maximum absolute atomic E-state index is 13.2. The molecule has 0 radical (unpaired) electrons. The van der Waals surface area contributed by atoms with Crippen molar-refractivity contribution in [2.45, 2.75) is 38.1 Å². The van der Waals surface area contributed by atoms with E-state index in [0.29, 0.717) is 27.6 Å². The lowest BCUT2D eigenvalue weighted by molar-refractivity contribution is -0.134. The number of imide groups is 1. The summed E-state index contributed by atoms with van der Waals surface area (Å²) >= 11 is 7.39. The predicted molar refractivity (Wildman–Crippen MR) is 117 cm³/mol. The Hall–Kier alpha value is -2.91. The third-order valence-corrected chi connectivity index (χ3v) is 7.19. The summed E-state index contributed by atoms with van der Waals surface area (Å²) in [6.45, 7) is 1.29. The number of thiophene rings is 1. The molecule has 162 valence electrons. The van der Waals surface area contributed by atoms with Crippen molar-refractivity contribution in [1.82, 2.24) is 10.2 Å². The number of nitrogens with two attached hydrogens (primary N) is 1. The molecule has 1 aromatic carbocycles. The lowest BCUT2D eigenvalue weighted by Gasteiger charge is -2.25. The molecule has 8 nitrogen and oxygen atoms in total. The van der Waals surface area contributed by atoms with Gasteiger partial charge < -0.3 is 16.4 Å². The second kappa shape index (κ2) is 7.97. The number of carbonyl (C=O) groups is 4. The highest BCUT2D eigenvalue weighted by molar-refractivity contribution is 7.17. The SMILES string of the molecule is CC[C@@]1(c2cccc(Cl)c2)NC(=O)N(CC(=O)Nc2sc3c(c2C(N)=O)CCC3)C1=O. The number of halogens is 1. The van der Waals surface area contributed by atoms with Gasteiger partial charge in [-0.2, -0.15) is 0 Å². The Kier molecular flexibility index (Phi) is 5.49. The van der Waals surface area contributed by atoms with Crippen LogP contribution in [0.3, 0.4) is 0 Å². The average molecular weight is 461 g/mol. The standard InChI is InChI=1S/C21H21ClN4O4S/c1-2-21(11-5-3-6-12(22)9-11)19(29)26(20(30)25-21)10-15(27)24-18-16(17(23)28)13-7-4-8-14(13)31-18/h3,5-6,9H,2,4,7-8,10H2,1H3,(H2,23,28)(H,24,27)(H,25,30)/t21-/m0/s1. The van der Waals surface area contributed by atoms with E-state index in [4.69, 9.17) is 17.3 Å². The smallest absolute Gasteiger partial charge is 0.325 e. The zero-order valence-electron chi connectivity index (χ0n) is 16.8. The minimum atomic E-state index is -1.29. The summed E-state index contributed by atoms with van der Waals surface area (Å²) in [5.41, 5.74) is 5.99. The average Bonchev–Trinajstić information content (AvgIpc) is 3.36. The van der Waals surface area contributed by atoms with Crippen molar-refractivity contribution in [3.63, 3.8) is 0 Å². The first kappa shape index (κ1) is 21.3. The van der Waals surface area contributed by atoms with Crippen LogP contribution in [0.25, 0.3) is 0 Å². The molecule has 0 bridgehead atoms. The molecule has 10 heteroatoms. The van der Waals surface area contributed by atoms with Gasteiger partial charge in [0.1, 0.15) is 17.1 Å². The number of hydrogen-bond donors (Lipinski definition) is 3. The topological polar surface area (TPSA) is 122 Å². The molecule has 2 aromatic rings. The van der Waals surface area contributed by atoms with Gasteiger partial charge in [0.2, 0.25) is 5.91 Å². The van der Waals surface area contributed by atoms with Crippen molar-refractivity contribution in [2.24, 2.45) is 5.73 Å². The van der Waals surface area contributed by atoms with Crippen LogP contribution in [0.15, 0.2) is 24.3 Å². The summed E-state index contributed by atoms with van der Waals surface area (Å²) in [5.74, 6) is -1.71. The first-order chi connectivity index (χ1) is 14.8. The fraction of sp³-hybridized carbons (Fsp3) is 0.333. The summed E-state index contributed by atoms with van der Waals surface area (Å²) in [6.07, 6.45) is 2.81. The molecule has 1 aliphatic carbocycles. The fourth-order valence-corrected chi connectivity index (χ4v) is 5.73. The molecule has 0 spiro atoms. The summed E-state index contributed by atoms with van der Waals surface area (Å²) in [4.78, 5) is 52.3. The van der Waals surface area contributed by atoms with Crippen LogP contribution in [-0.4, -0.2) is 35.2 Å². The molecule has 1 aliphatic heterocycles. The maximum Gasteiger partial charge on any atom is 0.325 e. The van der Waals surface area contributed by atoms with Crippen LogP contribution in [0.5, 0.6) is 0 Å². The summed E-state index contributed by atoms with van der Waals surface area (Å²) in [7, 11) is 0. The quantitative estimate of drug-likeness (QED) is 0.573. The summed E-state index contributed by atoms with van der Waals surface area (Å²) in [5, 5.41) is 6.19. The minimum Gasteiger partial charge on any atom is -0.365 e. The number of primary amides is 1. The number of benzene rings is 1. The Morgan fingerprint density at radius 3 is 2.77 bits per heavy atom. The van der Waals surface area contributed by atoms with Gasteiger partial charge >= 0.3 is 6.03 Å². The molecule has 1 atom stereocenters. The van der Waals surface area contributed by atoms with Crippen LogP contribution in [0.4, 0.5) is 9.80 Å². The van der Waals surface area contributed by atoms with E-state index in [1.165, 1.54) is 11.3 Å². The van der Waals surface area contributed by atoms with E-state index in [9.17, 15) is 19.2 Å². The molecule has 1 saturated heterocycles. The molecule has 0 saturated carbocycles. The Morgan fingerprint density at radius 2 is 2.10 bits per heavy atom. The lowest BCUT2D eigenvalue weighted by Crippen LogP contribution is -2.44. The van der Waals surface area contributed by atoms with E-state index in [1.807, 2.05) is 0 Å². The zero-order chi connectivity index (χ0) is 22.3. The monoisotopic (exact) mass is 460 g/mol. The van der Waals surface area contributed by atoms with Gasteiger partial charge in [-0.1, -0.05) is 30.7 Å². The Morgan fingerprint density at radius 1 is 1.32 bits per heavy atom. The number of hydrogen-bond acceptors (Lipinski definition) is 5. The van der Waals surface area contributed by atoms with Gasteiger partial charge in [0.25, 0.3) is 11.8 Å². The van der Waals surface area contributed by atoms with Crippen LogP contribution in [0.2, 0.25) is 5.02 Å². The molecule has 4 N–H and O–H groups in total.